The average Bonchev–Trinajstić information content (AvgIpc) is 2.59. The molecule has 3 nitrogen and oxygen atoms in total. The lowest BCUT2D eigenvalue weighted by molar-refractivity contribution is 0.372. The second-order valence-corrected chi connectivity index (χ2v) is 6.50. The maximum absolute atomic E-state index is 9.65. The van der Waals surface area contributed by atoms with Crippen LogP contribution in [0, 0.1) is 12.8 Å². The fraction of sp³-hybridized carbons (Fsp3) is 0.429. The highest BCUT2D eigenvalue weighted by Gasteiger charge is 2.09. The van der Waals surface area contributed by atoms with Gasteiger partial charge in [0.1, 0.15) is 5.75 Å². The number of methoxy groups -OCH3 is 2. The van der Waals surface area contributed by atoms with E-state index in [9.17, 15) is 5.11 Å². The van der Waals surface area contributed by atoms with E-state index in [4.69, 9.17) is 9.47 Å². The largest absolute Gasteiger partial charge is 0.504 e. The zero-order chi connectivity index (χ0) is 17.5. The first kappa shape index (κ1) is 18.2. The van der Waals surface area contributed by atoms with Gasteiger partial charge in [-0.05, 0) is 73.4 Å². The molecule has 24 heavy (non-hydrogen) atoms. The van der Waals surface area contributed by atoms with E-state index in [0.717, 1.165) is 31.4 Å². The first-order valence-corrected chi connectivity index (χ1v) is 8.53. The zero-order valence-corrected chi connectivity index (χ0v) is 15.1. The van der Waals surface area contributed by atoms with Crippen molar-refractivity contribution >= 4 is 0 Å². The van der Waals surface area contributed by atoms with Crippen LogP contribution in [0.25, 0.3) is 0 Å². The molecular weight excluding hydrogens is 300 g/mol. The Morgan fingerprint density at radius 1 is 0.917 bits per heavy atom. The van der Waals surface area contributed by atoms with Crippen LogP contribution in [-0.4, -0.2) is 19.3 Å². The number of hydrogen-bond donors (Lipinski definition) is 1. The molecule has 0 aliphatic rings. The van der Waals surface area contributed by atoms with Crippen molar-refractivity contribution in [1.82, 2.24) is 0 Å². The molecule has 0 saturated heterocycles. The molecule has 2 rings (SSSR count). The average molecular weight is 328 g/mol. The molecule has 1 unspecified atom stereocenters. The third-order valence-electron chi connectivity index (χ3n) is 4.52. The summed E-state index contributed by atoms with van der Waals surface area (Å²) < 4.78 is 10.7. The summed E-state index contributed by atoms with van der Waals surface area (Å²) in [7, 11) is 3.32. The second kappa shape index (κ2) is 8.62. The minimum absolute atomic E-state index is 0.195. The van der Waals surface area contributed by atoms with Crippen molar-refractivity contribution < 1.29 is 14.6 Å². The molecule has 0 spiro atoms. The Hall–Kier alpha value is -2.16. The highest BCUT2D eigenvalue weighted by molar-refractivity contribution is 5.41. The number of aryl methyl sites for hydroxylation is 3. The third kappa shape index (κ3) is 4.92. The van der Waals surface area contributed by atoms with E-state index in [1.165, 1.54) is 16.7 Å². The number of hydrogen-bond acceptors (Lipinski definition) is 3. The molecule has 0 aliphatic heterocycles. The fourth-order valence-corrected chi connectivity index (χ4v) is 2.90. The number of phenolic OH excluding ortho intramolecular Hbond substituents is 1. The summed E-state index contributed by atoms with van der Waals surface area (Å²) in [6, 6.07) is 12.0. The molecule has 0 saturated carbocycles. The molecule has 0 radical (unpaired) electrons. The van der Waals surface area contributed by atoms with Gasteiger partial charge < -0.3 is 14.6 Å². The molecule has 0 heterocycles. The van der Waals surface area contributed by atoms with Gasteiger partial charge in [-0.2, -0.15) is 0 Å². The molecule has 1 atom stereocenters. The number of rotatable bonds is 8. The summed E-state index contributed by atoms with van der Waals surface area (Å²) in [5.74, 6) is 2.35. The number of phenols is 1. The lowest BCUT2D eigenvalue weighted by Gasteiger charge is -2.14. The summed E-state index contributed by atoms with van der Waals surface area (Å²) in [4.78, 5) is 0. The van der Waals surface area contributed by atoms with Crippen LogP contribution in [0.3, 0.4) is 0 Å². The van der Waals surface area contributed by atoms with Gasteiger partial charge in [0.25, 0.3) is 0 Å². The normalized spacial score (nSPS) is 12.0. The van der Waals surface area contributed by atoms with Crippen LogP contribution in [-0.2, 0) is 12.8 Å². The summed E-state index contributed by atoms with van der Waals surface area (Å²) in [5.41, 5.74) is 3.70. The molecule has 130 valence electrons. The van der Waals surface area contributed by atoms with Crippen LogP contribution < -0.4 is 9.47 Å². The first-order chi connectivity index (χ1) is 11.5. The van der Waals surface area contributed by atoms with Crippen molar-refractivity contribution in [3.8, 4) is 17.2 Å². The van der Waals surface area contributed by atoms with E-state index < -0.39 is 0 Å². The maximum Gasteiger partial charge on any atom is 0.160 e. The van der Waals surface area contributed by atoms with Gasteiger partial charge in [-0.25, -0.2) is 0 Å². The van der Waals surface area contributed by atoms with Crippen LogP contribution in [0.2, 0.25) is 0 Å². The molecule has 0 aromatic heterocycles. The SMILES string of the molecule is COc1cc(CCC(C)CCc2ccc(C)cc2OC)ccc1O. The minimum Gasteiger partial charge on any atom is -0.504 e. The van der Waals surface area contributed by atoms with E-state index in [-0.39, 0.29) is 5.75 Å². The van der Waals surface area contributed by atoms with E-state index in [1.807, 2.05) is 12.1 Å². The summed E-state index contributed by atoms with van der Waals surface area (Å²) in [6.07, 6.45) is 4.27. The lowest BCUT2D eigenvalue weighted by Crippen LogP contribution is -2.01. The highest BCUT2D eigenvalue weighted by Crippen LogP contribution is 2.28. The number of ether oxygens (including phenoxy) is 2. The molecule has 2 aromatic carbocycles. The van der Waals surface area contributed by atoms with Gasteiger partial charge in [0.15, 0.2) is 11.5 Å². The van der Waals surface area contributed by atoms with Crippen LogP contribution in [0.15, 0.2) is 36.4 Å². The van der Waals surface area contributed by atoms with Crippen molar-refractivity contribution in [2.75, 3.05) is 14.2 Å². The van der Waals surface area contributed by atoms with E-state index in [1.54, 1.807) is 20.3 Å². The Morgan fingerprint density at radius 3 is 2.33 bits per heavy atom. The Labute approximate surface area is 145 Å². The topological polar surface area (TPSA) is 38.7 Å². The van der Waals surface area contributed by atoms with Gasteiger partial charge in [-0.3, -0.25) is 0 Å². The Morgan fingerprint density at radius 2 is 1.62 bits per heavy atom. The molecule has 2 aromatic rings. The van der Waals surface area contributed by atoms with Gasteiger partial charge in [-0.1, -0.05) is 25.1 Å². The van der Waals surface area contributed by atoms with Gasteiger partial charge in [-0.15, -0.1) is 0 Å². The van der Waals surface area contributed by atoms with Gasteiger partial charge >= 0.3 is 0 Å². The van der Waals surface area contributed by atoms with Crippen molar-refractivity contribution in [2.24, 2.45) is 5.92 Å². The maximum atomic E-state index is 9.65. The lowest BCUT2D eigenvalue weighted by atomic mass is 9.94. The molecule has 0 amide bonds. The first-order valence-electron chi connectivity index (χ1n) is 8.53. The Bertz CT molecular complexity index is 664. The predicted molar refractivity (Wildman–Crippen MR) is 98.2 cm³/mol. The number of aromatic hydroxyl groups is 1. The Kier molecular flexibility index (Phi) is 6.53. The molecule has 0 fully saturated rings. The summed E-state index contributed by atoms with van der Waals surface area (Å²) >= 11 is 0. The summed E-state index contributed by atoms with van der Waals surface area (Å²) in [6.45, 7) is 4.37. The van der Waals surface area contributed by atoms with Gasteiger partial charge in [0.2, 0.25) is 0 Å². The fourth-order valence-electron chi connectivity index (χ4n) is 2.90. The molecule has 3 heteroatoms. The Balaban J connectivity index is 1.86. The van der Waals surface area contributed by atoms with Crippen LogP contribution >= 0.6 is 0 Å². The van der Waals surface area contributed by atoms with Crippen LogP contribution in [0.1, 0.15) is 36.5 Å². The van der Waals surface area contributed by atoms with E-state index in [0.29, 0.717) is 11.7 Å². The van der Waals surface area contributed by atoms with E-state index in [2.05, 4.69) is 32.0 Å². The molecule has 1 N–H and O–H groups in total. The van der Waals surface area contributed by atoms with Crippen molar-refractivity contribution in [3.05, 3.63) is 53.1 Å². The van der Waals surface area contributed by atoms with Crippen molar-refractivity contribution in [2.45, 2.75) is 39.5 Å². The van der Waals surface area contributed by atoms with Crippen LogP contribution in [0.4, 0.5) is 0 Å². The van der Waals surface area contributed by atoms with E-state index >= 15 is 0 Å². The molecular formula is C21H28O3. The standard InChI is InChI=1S/C21H28O3/c1-15(5-8-17-9-12-19(22)21(14-17)24-4)6-10-18-11-7-16(2)13-20(18)23-3/h7,9,11-15,22H,5-6,8,10H2,1-4H3. The monoisotopic (exact) mass is 328 g/mol. The van der Waals surface area contributed by atoms with Gasteiger partial charge in [0, 0.05) is 0 Å². The second-order valence-electron chi connectivity index (χ2n) is 6.50. The van der Waals surface area contributed by atoms with Gasteiger partial charge in [0.05, 0.1) is 14.2 Å². The predicted octanol–water partition coefficient (Wildman–Crippen LogP) is 4.92. The smallest absolute Gasteiger partial charge is 0.160 e. The quantitative estimate of drug-likeness (QED) is 0.747. The zero-order valence-electron chi connectivity index (χ0n) is 15.1. The minimum atomic E-state index is 0.195. The van der Waals surface area contributed by atoms with Crippen LogP contribution in [0.5, 0.6) is 17.2 Å². The van der Waals surface area contributed by atoms with Crippen molar-refractivity contribution in [1.29, 1.82) is 0 Å². The summed E-state index contributed by atoms with van der Waals surface area (Å²) in [5, 5.41) is 9.65. The number of benzene rings is 2. The van der Waals surface area contributed by atoms with Crippen molar-refractivity contribution in [3.63, 3.8) is 0 Å². The molecule has 0 bridgehead atoms. The highest BCUT2D eigenvalue weighted by atomic mass is 16.5. The third-order valence-corrected chi connectivity index (χ3v) is 4.52. The molecule has 0 aliphatic carbocycles.